The van der Waals surface area contributed by atoms with Gasteiger partial charge in [0.05, 0.1) is 5.41 Å². The van der Waals surface area contributed by atoms with Crippen LogP contribution in [0.5, 0.6) is 0 Å². The molecule has 3 nitrogen and oxygen atoms in total. The molecule has 2 aliphatic rings. The minimum atomic E-state index is -0.296. The Balaban J connectivity index is 1.85. The molecular formula is C11H20N2O. The van der Waals surface area contributed by atoms with Gasteiger partial charge in [-0.1, -0.05) is 6.42 Å². The maximum absolute atomic E-state index is 11.9. The molecule has 0 aromatic heterocycles. The molecule has 0 radical (unpaired) electrons. The van der Waals surface area contributed by atoms with E-state index >= 15 is 0 Å². The molecule has 0 bridgehead atoms. The Labute approximate surface area is 85.4 Å². The quantitative estimate of drug-likeness (QED) is 0.708. The van der Waals surface area contributed by atoms with E-state index in [1.54, 1.807) is 0 Å². The van der Waals surface area contributed by atoms with Crippen LogP contribution in [-0.4, -0.2) is 18.0 Å². The summed E-state index contributed by atoms with van der Waals surface area (Å²) in [7, 11) is 0. The van der Waals surface area contributed by atoms with Crippen molar-refractivity contribution in [1.82, 2.24) is 5.32 Å². The van der Waals surface area contributed by atoms with Crippen LogP contribution in [0.3, 0.4) is 0 Å². The highest BCUT2D eigenvalue weighted by Crippen LogP contribution is 2.63. The molecule has 2 rings (SSSR count). The van der Waals surface area contributed by atoms with Crippen molar-refractivity contribution < 1.29 is 4.79 Å². The smallest absolute Gasteiger partial charge is 0.226 e. The van der Waals surface area contributed by atoms with Crippen LogP contribution in [-0.2, 0) is 4.79 Å². The lowest BCUT2D eigenvalue weighted by Crippen LogP contribution is -2.47. The minimum absolute atomic E-state index is 0.0330. The zero-order valence-corrected chi connectivity index (χ0v) is 9.10. The summed E-state index contributed by atoms with van der Waals surface area (Å²) in [4.78, 5) is 11.9. The highest BCUT2D eigenvalue weighted by Gasteiger charge is 2.61. The van der Waals surface area contributed by atoms with Crippen molar-refractivity contribution in [2.75, 3.05) is 6.54 Å². The van der Waals surface area contributed by atoms with E-state index in [1.165, 1.54) is 12.8 Å². The van der Waals surface area contributed by atoms with Crippen molar-refractivity contribution in [1.29, 1.82) is 0 Å². The van der Waals surface area contributed by atoms with Gasteiger partial charge < -0.3 is 11.1 Å². The monoisotopic (exact) mass is 196 g/mol. The summed E-state index contributed by atoms with van der Waals surface area (Å²) in [5.74, 6) is 0.932. The molecule has 3 heteroatoms. The Hall–Kier alpha value is -0.570. The lowest BCUT2D eigenvalue weighted by atomic mass is 10.0. The highest BCUT2D eigenvalue weighted by molar-refractivity contribution is 5.86. The molecule has 2 saturated carbocycles. The van der Waals surface area contributed by atoms with E-state index in [9.17, 15) is 4.79 Å². The zero-order chi connectivity index (χ0) is 10.4. The van der Waals surface area contributed by atoms with Crippen molar-refractivity contribution >= 4 is 5.91 Å². The van der Waals surface area contributed by atoms with Gasteiger partial charge in [0.1, 0.15) is 0 Å². The Morgan fingerprint density at radius 3 is 2.79 bits per heavy atom. The SMILES string of the molecule is CC(C)(N)CNC(=O)C12CCCC1C2. The van der Waals surface area contributed by atoms with Crippen molar-refractivity contribution in [3.63, 3.8) is 0 Å². The molecule has 2 atom stereocenters. The van der Waals surface area contributed by atoms with Gasteiger partial charge in [0.15, 0.2) is 0 Å². The van der Waals surface area contributed by atoms with Gasteiger partial charge in [-0.05, 0) is 39.0 Å². The van der Waals surface area contributed by atoms with Crippen LogP contribution >= 0.6 is 0 Å². The van der Waals surface area contributed by atoms with Crippen molar-refractivity contribution in [3.8, 4) is 0 Å². The molecule has 14 heavy (non-hydrogen) atoms. The summed E-state index contributed by atoms with van der Waals surface area (Å²) < 4.78 is 0. The number of amides is 1. The second-order valence-electron chi connectivity index (χ2n) is 5.62. The Morgan fingerprint density at radius 1 is 1.64 bits per heavy atom. The Bertz CT molecular complexity index is 257. The van der Waals surface area contributed by atoms with Gasteiger partial charge >= 0.3 is 0 Å². The van der Waals surface area contributed by atoms with Crippen LogP contribution in [0.2, 0.25) is 0 Å². The maximum Gasteiger partial charge on any atom is 0.226 e. The molecule has 0 aromatic carbocycles. The standard InChI is InChI=1S/C11H20N2O/c1-10(2,12)7-13-9(14)11-5-3-4-8(11)6-11/h8H,3-7,12H2,1-2H3,(H,13,14). The van der Waals surface area contributed by atoms with E-state index in [0.717, 1.165) is 12.8 Å². The third kappa shape index (κ3) is 1.65. The van der Waals surface area contributed by atoms with Crippen molar-refractivity contribution in [3.05, 3.63) is 0 Å². The van der Waals surface area contributed by atoms with Crippen LogP contribution < -0.4 is 11.1 Å². The molecule has 0 aliphatic heterocycles. The Kier molecular flexibility index (Phi) is 2.11. The van der Waals surface area contributed by atoms with E-state index < -0.39 is 0 Å². The third-order valence-corrected chi connectivity index (χ3v) is 3.56. The number of hydrogen-bond acceptors (Lipinski definition) is 2. The second-order valence-corrected chi connectivity index (χ2v) is 5.62. The number of nitrogens with one attached hydrogen (secondary N) is 1. The van der Waals surface area contributed by atoms with Crippen LogP contribution in [0, 0.1) is 11.3 Å². The summed E-state index contributed by atoms with van der Waals surface area (Å²) in [5.41, 5.74) is 5.56. The summed E-state index contributed by atoms with van der Waals surface area (Å²) in [6, 6.07) is 0. The number of carbonyl (C=O) groups is 1. The van der Waals surface area contributed by atoms with Crippen molar-refractivity contribution in [2.45, 2.75) is 45.1 Å². The van der Waals surface area contributed by atoms with Crippen LogP contribution in [0.1, 0.15) is 39.5 Å². The molecule has 0 spiro atoms. The van der Waals surface area contributed by atoms with E-state index in [0.29, 0.717) is 12.5 Å². The fourth-order valence-electron chi connectivity index (χ4n) is 2.60. The molecule has 1 amide bonds. The molecule has 3 N–H and O–H groups in total. The third-order valence-electron chi connectivity index (χ3n) is 3.56. The molecule has 2 fully saturated rings. The molecule has 2 aliphatic carbocycles. The second kappa shape index (κ2) is 2.96. The van der Waals surface area contributed by atoms with E-state index in [2.05, 4.69) is 5.32 Å². The average Bonchev–Trinajstić information content (AvgIpc) is 2.65. The lowest BCUT2D eigenvalue weighted by molar-refractivity contribution is -0.126. The number of nitrogens with two attached hydrogens (primary N) is 1. The fraction of sp³-hybridized carbons (Fsp3) is 0.909. The lowest BCUT2D eigenvalue weighted by Gasteiger charge is -2.21. The van der Waals surface area contributed by atoms with Gasteiger partial charge in [-0.25, -0.2) is 0 Å². The average molecular weight is 196 g/mol. The van der Waals surface area contributed by atoms with Gasteiger partial charge in [0.25, 0.3) is 0 Å². The highest BCUT2D eigenvalue weighted by atomic mass is 16.2. The molecule has 0 saturated heterocycles. The van der Waals surface area contributed by atoms with E-state index in [-0.39, 0.29) is 16.9 Å². The normalized spacial score (nSPS) is 35.2. The predicted octanol–water partition coefficient (Wildman–Crippen LogP) is 1.03. The van der Waals surface area contributed by atoms with Crippen molar-refractivity contribution in [2.24, 2.45) is 17.1 Å². The first-order chi connectivity index (χ1) is 6.44. The molecule has 2 unspecified atom stereocenters. The van der Waals surface area contributed by atoms with Gasteiger partial charge in [-0.2, -0.15) is 0 Å². The summed E-state index contributed by atoms with van der Waals surface area (Å²) in [6.45, 7) is 4.45. The largest absolute Gasteiger partial charge is 0.354 e. The first-order valence-corrected chi connectivity index (χ1v) is 5.51. The topological polar surface area (TPSA) is 55.1 Å². The number of rotatable bonds is 3. The number of hydrogen-bond donors (Lipinski definition) is 2. The fourth-order valence-corrected chi connectivity index (χ4v) is 2.60. The first kappa shape index (κ1) is 9.97. The Morgan fingerprint density at radius 2 is 2.36 bits per heavy atom. The minimum Gasteiger partial charge on any atom is -0.354 e. The van der Waals surface area contributed by atoms with Crippen LogP contribution in [0.4, 0.5) is 0 Å². The number of fused-ring (bicyclic) bond motifs is 1. The van der Waals surface area contributed by atoms with Crippen LogP contribution in [0.25, 0.3) is 0 Å². The first-order valence-electron chi connectivity index (χ1n) is 5.51. The van der Waals surface area contributed by atoms with Gasteiger partial charge in [0.2, 0.25) is 5.91 Å². The summed E-state index contributed by atoms with van der Waals surface area (Å²) in [5, 5.41) is 2.98. The molecular weight excluding hydrogens is 176 g/mol. The predicted molar refractivity (Wildman–Crippen MR) is 55.7 cm³/mol. The van der Waals surface area contributed by atoms with E-state index in [4.69, 9.17) is 5.73 Å². The summed E-state index contributed by atoms with van der Waals surface area (Å²) >= 11 is 0. The maximum atomic E-state index is 11.9. The van der Waals surface area contributed by atoms with Gasteiger partial charge in [-0.15, -0.1) is 0 Å². The van der Waals surface area contributed by atoms with Crippen LogP contribution in [0.15, 0.2) is 0 Å². The number of carbonyl (C=O) groups excluding carboxylic acids is 1. The van der Waals surface area contributed by atoms with E-state index in [1.807, 2.05) is 13.8 Å². The molecule has 80 valence electrons. The van der Waals surface area contributed by atoms with Gasteiger partial charge in [0, 0.05) is 12.1 Å². The van der Waals surface area contributed by atoms with Gasteiger partial charge in [-0.3, -0.25) is 4.79 Å². The molecule has 0 aromatic rings. The molecule has 0 heterocycles. The summed E-state index contributed by atoms with van der Waals surface area (Å²) in [6.07, 6.45) is 4.68. The zero-order valence-electron chi connectivity index (χ0n) is 9.10.